The number of aliphatic hydroxyl groups is 1. The highest BCUT2D eigenvalue weighted by molar-refractivity contribution is 6.30. The number of nitriles is 1. The van der Waals surface area contributed by atoms with Crippen molar-refractivity contribution in [1.29, 1.82) is 5.26 Å². The molecule has 0 amide bonds. The average molecular weight is 282 g/mol. The van der Waals surface area contributed by atoms with Crippen molar-refractivity contribution < 1.29 is 9.50 Å². The smallest absolute Gasteiger partial charge is 0.125 e. The van der Waals surface area contributed by atoms with Gasteiger partial charge in [0.2, 0.25) is 0 Å². The van der Waals surface area contributed by atoms with E-state index < -0.39 is 17.3 Å². The molecule has 0 aromatic heterocycles. The number of rotatable bonds is 2. The molecule has 1 aliphatic carbocycles. The summed E-state index contributed by atoms with van der Waals surface area (Å²) < 4.78 is 13.4. The van der Waals surface area contributed by atoms with Gasteiger partial charge in [0, 0.05) is 5.02 Å². The van der Waals surface area contributed by atoms with E-state index in [0.29, 0.717) is 18.4 Å². The SMILES string of the molecule is N#CC1(C(O)c2cc(F)cc(Cl)c2)CCCCCC1. The number of nitrogens with zero attached hydrogens (tertiary/aromatic N) is 1. The first-order valence-corrected chi connectivity index (χ1v) is 7.00. The fourth-order valence-electron chi connectivity index (χ4n) is 2.86. The molecule has 0 saturated heterocycles. The normalized spacial score (nSPS) is 20.3. The van der Waals surface area contributed by atoms with Crippen LogP contribution in [0.15, 0.2) is 18.2 Å². The first-order chi connectivity index (χ1) is 9.07. The Balaban J connectivity index is 2.34. The van der Waals surface area contributed by atoms with Crippen LogP contribution < -0.4 is 0 Å². The lowest BCUT2D eigenvalue weighted by Gasteiger charge is -2.31. The Hall–Kier alpha value is -1.11. The summed E-state index contributed by atoms with van der Waals surface area (Å²) in [6.07, 6.45) is 4.34. The van der Waals surface area contributed by atoms with Gasteiger partial charge < -0.3 is 5.11 Å². The molecule has 1 aromatic carbocycles. The van der Waals surface area contributed by atoms with Gasteiger partial charge >= 0.3 is 0 Å². The van der Waals surface area contributed by atoms with Gasteiger partial charge in [0.15, 0.2) is 0 Å². The summed E-state index contributed by atoms with van der Waals surface area (Å²) in [5.74, 6) is -0.483. The highest BCUT2D eigenvalue weighted by atomic mass is 35.5. The molecule has 0 radical (unpaired) electrons. The van der Waals surface area contributed by atoms with Crippen LogP contribution in [0, 0.1) is 22.6 Å². The van der Waals surface area contributed by atoms with E-state index in [1.54, 1.807) is 6.07 Å². The van der Waals surface area contributed by atoms with Crippen molar-refractivity contribution >= 4 is 11.6 Å². The minimum atomic E-state index is -0.983. The van der Waals surface area contributed by atoms with Crippen molar-refractivity contribution in [3.63, 3.8) is 0 Å². The predicted octanol–water partition coefficient (Wildman–Crippen LogP) is 4.38. The van der Waals surface area contributed by atoms with E-state index >= 15 is 0 Å². The Morgan fingerprint density at radius 3 is 2.37 bits per heavy atom. The second-order valence-electron chi connectivity index (χ2n) is 5.29. The summed E-state index contributed by atoms with van der Waals surface area (Å²) in [7, 11) is 0. The molecule has 1 saturated carbocycles. The maximum atomic E-state index is 13.4. The van der Waals surface area contributed by atoms with Gasteiger partial charge in [0.05, 0.1) is 17.6 Å². The van der Waals surface area contributed by atoms with Crippen molar-refractivity contribution in [2.75, 3.05) is 0 Å². The molecule has 0 aliphatic heterocycles. The molecule has 0 spiro atoms. The molecule has 1 fully saturated rings. The Morgan fingerprint density at radius 2 is 1.84 bits per heavy atom. The summed E-state index contributed by atoms with van der Waals surface area (Å²) >= 11 is 5.82. The molecule has 0 bridgehead atoms. The molecular formula is C15H17ClFNO. The molecule has 1 N–H and O–H groups in total. The minimum Gasteiger partial charge on any atom is -0.387 e. The first kappa shape index (κ1) is 14.3. The van der Waals surface area contributed by atoms with Crippen molar-refractivity contribution in [2.24, 2.45) is 5.41 Å². The van der Waals surface area contributed by atoms with Crippen LogP contribution in [0.5, 0.6) is 0 Å². The van der Waals surface area contributed by atoms with Crippen LogP contribution >= 0.6 is 11.6 Å². The fraction of sp³-hybridized carbons (Fsp3) is 0.533. The second-order valence-corrected chi connectivity index (χ2v) is 5.72. The van der Waals surface area contributed by atoms with Crippen LogP contribution in [0.1, 0.15) is 50.2 Å². The number of hydrogen-bond acceptors (Lipinski definition) is 2. The molecular weight excluding hydrogens is 265 g/mol. The fourth-order valence-corrected chi connectivity index (χ4v) is 3.09. The molecule has 19 heavy (non-hydrogen) atoms. The van der Waals surface area contributed by atoms with E-state index in [-0.39, 0.29) is 5.02 Å². The van der Waals surface area contributed by atoms with Gasteiger partial charge in [-0.25, -0.2) is 4.39 Å². The van der Waals surface area contributed by atoms with Crippen LogP contribution in [0.3, 0.4) is 0 Å². The van der Waals surface area contributed by atoms with Crippen LogP contribution in [-0.2, 0) is 0 Å². The summed E-state index contributed by atoms with van der Waals surface area (Å²) in [4.78, 5) is 0. The maximum absolute atomic E-state index is 13.4. The molecule has 1 unspecified atom stereocenters. The first-order valence-electron chi connectivity index (χ1n) is 6.63. The second kappa shape index (κ2) is 5.90. The van der Waals surface area contributed by atoms with E-state index in [1.807, 2.05) is 0 Å². The highest BCUT2D eigenvalue weighted by Gasteiger charge is 2.39. The topological polar surface area (TPSA) is 44.0 Å². The zero-order chi connectivity index (χ0) is 13.9. The lowest BCUT2D eigenvalue weighted by molar-refractivity contribution is 0.0514. The summed E-state index contributed by atoms with van der Waals surface area (Å²) in [6.45, 7) is 0. The van der Waals surface area contributed by atoms with Gasteiger partial charge in [-0.15, -0.1) is 0 Å². The van der Waals surface area contributed by atoms with Crippen molar-refractivity contribution in [2.45, 2.75) is 44.6 Å². The summed E-state index contributed by atoms with van der Waals surface area (Å²) in [5, 5.41) is 20.3. The van der Waals surface area contributed by atoms with Crippen LogP contribution in [0.4, 0.5) is 4.39 Å². The Labute approximate surface area is 117 Å². The van der Waals surface area contributed by atoms with E-state index in [1.165, 1.54) is 12.1 Å². The Bertz CT molecular complexity index is 469. The monoisotopic (exact) mass is 281 g/mol. The zero-order valence-corrected chi connectivity index (χ0v) is 11.5. The quantitative estimate of drug-likeness (QED) is 0.818. The largest absolute Gasteiger partial charge is 0.387 e. The number of benzene rings is 1. The van der Waals surface area contributed by atoms with Crippen LogP contribution in [-0.4, -0.2) is 5.11 Å². The summed E-state index contributed by atoms with van der Waals surface area (Å²) in [5.41, 5.74) is -0.415. The lowest BCUT2D eigenvalue weighted by Crippen LogP contribution is -2.27. The third-order valence-electron chi connectivity index (χ3n) is 3.94. The van der Waals surface area contributed by atoms with E-state index in [4.69, 9.17) is 11.6 Å². The Morgan fingerprint density at radius 1 is 1.21 bits per heavy atom. The van der Waals surface area contributed by atoms with Crippen LogP contribution in [0.2, 0.25) is 5.02 Å². The lowest BCUT2D eigenvalue weighted by atomic mass is 9.74. The van der Waals surface area contributed by atoms with Gasteiger partial charge in [-0.2, -0.15) is 5.26 Å². The Kier molecular flexibility index (Phi) is 4.44. The van der Waals surface area contributed by atoms with Crippen LogP contribution in [0.25, 0.3) is 0 Å². The molecule has 4 heteroatoms. The predicted molar refractivity (Wildman–Crippen MR) is 72.1 cm³/mol. The van der Waals surface area contributed by atoms with Gasteiger partial charge in [-0.1, -0.05) is 37.3 Å². The van der Waals surface area contributed by atoms with Gasteiger partial charge in [0.1, 0.15) is 5.82 Å². The van der Waals surface area contributed by atoms with Gasteiger partial charge in [-0.05, 0) is 36.6 Å². The van der Waals surface area contributed by atoms with Crippen molar-refractivity contribution in [3.8, 4) is 6.07 Å². The molecule has 1 atom stereocenters. The molecule has 2 rings (SSSR count). The summed E-state index contributed by atoms with van der Waals surface area (Å²) in [6, 6.07) is 6.28. The standard InChI is InChI=1S/C15H17ClFNO/c16-12-7-11(8-13(17)9-12)14(19)15(10-18)5-3-1-2-4-6-15/h7-9,14,19H,1-6H2. The van der Waals surface area contributed by atoms with Gasteiger partial charge in [0.25, 0.3) is 0 Å². The van der Waals surface area contributed by atoms with Crippen molar-refractivity contribution in [3.05, 3.63) is 34.6 Å². The molecule has 1 aromatic rings. The molecule has 0 heterocycles. The van der Waals surface area contributed by atoms with E-state index in [9.17, 15) is 14.8 Å². The molecule has 1 aliphatic rings. The van der Waals surface area contributed by atoms with E-state index in [0.717, 1.165) is 25.7 Å². The number of hydrogen-bond donors (Lipinski definition) is 1. The number of halogens is 2. The third-order valence-corrected chi connectivity index (χ3v) is 4.16. The molecule has 2 nitrogen and oxygen atoms in total. The van der Waals surface area contributed by atoms with Gasteiger partial charge in [-0.3, -0.25) is 0 Å². The number of aliphatic hydroxyl groups excluding tert-OH is 1. The zero-order valence-electron chi connectivity index (χ0n) is 10.7. The third kappa shape index (κ3) is 3.08. The van der Waals surface area contributed by atoms with E-state index in [2.05, 4.69) is 6.07 Å². The average Bonchev–Trinajstić information content (AvgIpc) is 2.63. The minimum absolute atomic E-state index is 0.246. The highest BCUT2D eigenvalue weighted by Crippen LogP contribution is 2.45. The van der Waals surface area contributed by atoms with Crippen molar-refractivity contribution in [1.82, 2.24) is 0 Å². The molecule has 102 valence electrons. The maximum Gasteiger partial charge on any atom is 0.125 e.